The molecule has 1 aromatic carbocycles. The summed E-state index contributed by atoms with van der Waals surface area (Å²) in [6, 6.07) is 11.5. The maximum Gasteiger partial charge on any atom is 0.274 e. The van der Waals surface area contributed by atoms with E-state index in [-0.39, 0.29) is 11.9 Å². The molecule has 0 aliphatic carbocycles. The molecular formula is C18H16N4O. The Kier molecular flexibility index (Phi) is 3.12. The molecule has 1 atom stereocenters. The van der Waals surface area contributed by atoms with E-state index in [1.807, 2.05) is 31.3 Å². The molecule has 3 heterocycles. The van der Waals surface area contributed by atoms with Crippen molar-refractivity contribution in [2.24, 2.45) is 0 Å². The quantitative estimate of drug-likeness (QED) is 0.764. The van der Waals surface area contributed by atoms with Gasteiger partial charge in [0.15, 0.2) is 0 Å². The second-order valence-corrected chi connectivity index (χ2v) is 5.61. The number of carbonyl (C=O) groups is 1. The second-order valence-electron chi connectivity index (χ2n) is 5.61. The number of nitrogens with one attached hydrogen (secondary N) is 2. The second kappa shape index (κ2) is 5.28. The minimum atomic E-state index is -0.154. The predicted molar refractivity (Wildman–Crippen MR) is 88.3 cm³/mol. The van der Waals surface area contributed by atoms with E-state index in [1.165, 1.54) is 0 Å². The summed E-state index contributed by atoms with van der Waals surface area (Å²) in [5.41, 5.74) is 6.81. The van der Waals surface area contributed by atoms with Gasteiger partial charge >= 0.3 is 0 Å². The Labute approximate surface area is 133 Å². The van der Waals surface area contributed by atoms with Crippen LogP contribution < -0.4 is 5.43 Å². The van der Waals surface area contributed by atoms with E-state index in [9.17, 15) is 4.79 Å². The number of hydrogen-bond donors (Lipinski definition) is 2. The van der Waals surface area contributed by atoms with Crippen LogP contribution in [0.2, 0.25) is 0 Å². The van der Waals surface area contributed by atoms with Gasteiger partial charge in [-0.25, -0.2) is 5.01 Å². The maximum absolute atomic E-state index is 12.8. The predicted octanol–water partition coefficient (Wildman–Crippen LogP) is 3.17. The van der Waals surface area contributed by atoms with Gasteiger partial charge in [-0.05, 0) is 31.2 Å². The number of aromatic amines is 1. The highest BCUT2D eigenvalue weighted by molar-refractivity contribution is 5.95. The highest BCUT2D eigenvalue weighted by Crippen LogP contribution is 2.33. The van der Waals surface area contributed by atoms with Crippen molar-refractivity contribution >= 4 is 16.8 Å². The van der Waals surface area contributed by atoms with E-state index in [2.05, 4.69) is 27.5 Å². The van der Waals surface area contributed by atoms with Crippen molar-refractivity contribution in [1.82, 2.24) is 20.4 Å². The summed E-state index contributed by atoms with van der Waals surface area (Å²) >= 11 is 0. The topological polar surface area (TPSA) is 61.0 Å². The van der Waals surface area contributed by atoms with Crippen LogP contribution in [-0.4, -0.2) is 20.9 Å². The lowest BCUT2D eigenvalue weighted by Crippen LogP contribution is -2.39. The molecule has 0 spiro atoms. The van der Waals surface area contributed by atoms with Crippen LogP contribution in [0.15, 0.2) is 66.8 Å². The molecule has 23 heavy (non-hydrogen) atoms. The monoisotopic (exact) mass is 304 g/mol. The Morgan fingerprint density at radius 2 is 2.09 bits per heavy atom. The molecule has 1 amide bonds. The van der Waals surface area contributed by atoms with E-state index in [4.69, 9.17) is 0 Å². The van der Waals surface area contributed by atoms with Crippen LogP contribution in [0.1, 0.15) is 28.9 Å². The number of nitrogens with zero attached hydrogens (tertiary/aromatic N) is 2. The number of hydrogen-bond acceptors (Lipinski definition) is 3. The summed E-state index contributed by atoms with van der Waals surface area (Å²) in [7, 11) is 0. The zero-order valence-electron chi connectivity index (χ0n) is 12.7. The third-order valence-corrected chi connectivity index (χ3v) is 4.05. The first-order valence-corrected chi connectivity index (χ1v) is 7.49. The number of rotatable bonds is 2. The van der Waals surface area contributed by atoms with E-state index in [0.717, 1.165) is 22.2 Å². The van der Waals surface area contributed by atoms with Gasteiger partial charge in [0.2, 0.25) is 0 Å². The van der Waals surface area contributed by atoms with Crippen LogP contribution in [0.25, 0.3) is 10.9 Å². The lowest BCUT2D eigenvalue weighted by atomic mass is 10.0. The third-order valence-electron chi connectivity index (χ3n) is 4.05. The van der Waals surface area contributed by atoms with Gasteiger partial charge in [-0.3, -0.25) is 15.2 Å². The summed E-state index contributed by atoms with van der Waals surface area (Å²) in [6.45, 7) is 1.96. The normalized spacial score (nSPS) is 17.2. The molecule has 5 heteroatoms. The van der Waals surface area contributed by atoms with Gasteiger partial charge in [0, 0.05) is 40.8 Å². The van der Waals surface area contributed by atoms with Crippen molar-refractivity contribution in [3.63, 3.8) is 0 Å². The minimum absolute atomic E-state index is 0.0959. The fourth-order valence-electron chi connectivity index (χ4n) is 2.98. The van der Waals surface area contributed by atoms with Crippen LogP contribution in [0.3, 0.4) is 0 Å². The highest BCUT2D eigenvalue weighted by Gasteiger charge is 2.31. The fourth-order valence-corrected chi connectivity index (χ4v) is 2.98. The lowest BCUT2D eigenvalue weighted by molar-refractivity contribution is 0.0661. The Morgan fingerprint density at radius 1 is 1.22 bits per heavy atom. The average Bonchev–Trinajstić information content (AvgIpc) is 3.18. The first kappa shape index (κ1) is 13.6. The van der Waals surface area contributed by atoms with Gasteiger partial charge in [-0.1, -0.05) is 18.2 Å². The highest BCUT2D eigenvalue weighted by atomic mass is 16.2. The maximum atomic E-state index is 12.8. The molecule has 5 nitrogen and oxygen atoms in total. The summed E-state index contributed by atoms with van der Waals surface area (Å²) < 4.78 is 0. The van der Waals surface area contributed by atoms with Crippen LogP contribution in [0.5, 0.6) is 0 Å². The molecule has 2 N–H and O–H groups in total. The van der Waals surface area contributed by atoms with E-state index in [1.54, 1.807) is 29.5 Å². The van der Waals surface area contributed by atoms with Gasteiger partial charge in [0.1, 0.15) is 6.04 Å². The number of H-pyrrole nitrogens is 1. The molecule has 0 bridgehead atoms. The van der Waals surface area contributed by atoms with E-state index in [0.29, 0.717) is 5.56 Å². The molecule has 1 aliphatic rings. The largest absolute Gasteiger partial charge is 0.361 e. The summed E-state index contributed by atoms with van der Waals surface area (Å²) in [5, 5.41) is 2.77. The number of allylic oxidation sites excluding steroid dienone is 1. The van der Waals surface area contributed by atoms with Crippen LogP contribution in [0, 0.1) is 0 Å². The smallest absolute Gasteiger partial charge is 0.274 e. The summed E-state index contributed by atoms with van der Waals surface area (Å²) in [6.07, 6.45) is 7.28. The Morgan fingerprint density at radius 3 is 2.91 bits per heavy atom. The molecule has 2 aromatic heterocycles. The van der Waals surface area contributed by atoms with Gasteiger partial charge in [0.05, 0.1) is 5.56 Å². The van der Waals surface area contributed by atoms with Gasteiger partial charge in [-0.15, -0.1) is 0 Å². The van der Waals surface area contributed by atoms with Crippen molar-refractivity contribution in [2.75, 3.05) is 0 Å². The van der Waals surface area contributed by atoms with Crippen molar-refractivity contribution in [3.8, 4) is 0 Å². The number of fused-ring (bicyclic) bond motifs is 1. The van der Waals surface area contributed by atoms with E-state index >= 15 is 0 Å². The Hall–Kier alpha value is -3.08. The molecule has 1 aliphatic heterocycles. The number of hydrazine groups is 1. The SMILES string of the molecule is CC1=CC(c2c[nH]c3ccccc23)N(C(=O)c2cccnc2)N1. The van der Waals surface area contributed by atoms with Crippen molar-refractivity contribution in [2.45, 2.75) is 13.0 Å². The van der Waals surface area contributed by atoms with Crippen molar-refractivity contribution in [1.29, 1.82) is 0 Å². The Balaban J connectivity index is 1.75. The zero-order valence-corrected chi connectivity index (χ0v) is 12.7. The zero-order chi connectivity index (χ0) is 15.8. The van der Waals surface area contributed by atoms with Crippen LogP contribution in [-0.2, 0) is 0 Å². The van der Waals surface area contributed by atoms with Crippen molar-refractivity contribution < 1.29 is 4.79 Å². The molecule has 0 saturated heterocycles. The number of para-hydroxylation sites is 1. The molecule has 0 fully saturated rings. The molecule has 1 unspecified atom stereocenters. The molecular weight excluding hydrogens is 288 g/mol. The molecule has 0 saturated carbocycles. The Bertz CT molecular complexity index is 898. The van der Waals surface area contributed by atoms with Gasteiger partial charge < -0.3 is 4.98 Å². The molecule has 114 valence electrons. The first-order chi connectivity index (χ1) is 11.2. The number of benzene rings is 1. The summed E-state index contributed by atoms with van der Waals surface area (Å²) in [4.78, 5) is 20.1. The van der Waals surface area contributed by atoms with E-state index < -0.39 is 0 Å². The molecule has 4 rings (SSSR count). The van der Waals surface area contributed by atoms with Gasteiger partial charge in [-0.2, -0.15) is 0 Å². The standard InChI is InChI=1S/C18H16N4O/c1-12-9-17(15-11-20-16-7-3-2-6-14(15)16)22(21-12)18(23)13-5-4-8-19-10-13/h2-11,17,20-21H,1H3. The number of aromatic nitrogens is 2. The lowest BCUT2D eigenvalue weighted by Gasteiger charge is -2.24. The minimum Gasteiger partial charge on any atom is -0.361 e. The number of carbonyl (C=O) groups excluding carboxylic acids is 1. The number of pyridine rings is 1. The number of amides is 1. The average molecular weight is 304 g/mol. The van der Waals surface area contributed by atoms with Crippen molar-refractivity contribution in [3.05, 3.63) is 77.9 Å². The fraction of sp³-hybridized carbons (Fsp3) is 0.111. The van der Waals surface area contributed by atoms with Crippen LogP contribution in [0.4, 0.5) is 0 Å². The molecule has 3 aromatic rings. The van der Waals surface area contributed by atoms with Gasteiger partial charge in [0.25, 0.3) is 5.91 Å². The summed E-state index contributed by atoms with van der Waals surface area (Å²) in [5.74, 6) is -0.0959. The molecule has 0 radical (unpaired) electrons. The third kappa shape index (κ3) is 2.26. The van der Waals surface area contributed by atoms with Crippen LogP contribution >= 0.6 is 0 Å². The first-order valence-electron chi connectivity index (χ1n) is 7.49.